The minimum absolute atomic E-state index is 0.0766. The summed E-state index contributed by atoms with van der Waals surface area (Å²) in [6, 6.07) is 10.8. The molecule has 0 spiro atoms. The predicted octanol–water partition coefficient (Wildman–Crippen LogP) is 2.87. The van der Waals surface area contributed by atoms with Gasteiger partial charge in [0.05, 0.1) is 15.9 Å². The number of likely N-dealkylation sites (tertiary alicyclic amines) is 1. The van der Waals surface area contributed by atoms with Crippen molar-refractivity contribution in [2.24, 2.45) is 0 Å². The Morgan fingerprint density at radius 2 is 2.12 bits per heavy atom. The molecule has 6 nitrogen and oxygen atoms in total. The van der Waals surface area contributed by atoms with Gasteiger partial charge in [0.25, 0.3) is 5.91 Å². The Labute approximate surface area is 142 Å². The SMILES string of the molecule is O=C(Nc1nc2ccccc2[nH]1)[C@@H]1CCCN1C(=O)c1cccs1. The van der Waals surface area contributed by atoms with Crippen molar-refractivity contribution in [3.05, 3.63) is 46.7 Å². The van der Waals surface area contributed by atoms with E-state index in [1.165, 1.54) is 11.3 Å². The summed E-state index contributed by atoms with van der Waals surface area (Å²) in [5.41, 5.74) is 1.66. The molecule has 0 unspecified atom stereocenters. The highest BCUT2D eigenvalue weighted by Crippen LogP contribution is 2.23. The minimum Gasteiger partial charge on any atom is -0.326 e. The standard InChI is InChI=1S/C17H16N4O2S/c22-15(20-17-18-11-5-1-2-6-12(11)19-17)13-7-3-9-21(13)16(23)14-8-4-10-24-14/h1-2,4-6,8,10,13H,3,7,9H2,(H2,18,19,20,22)/t13-/m0/s1. The van der Waals surface area contributed by atoms with Gasteiger partial charge in [-0.15, -0.1) is 11.3 Å². The molecule has 2 N–H and O–H groups in total. The van der Waals surface area contributed by atoms with Gasteiger partial charge in [0.2, 0.25) is 11.9 Å². The van der Waals surface area contributed by atoms with Gasteiger partial charge in [0, 0.05) is 6.54 Å². The van der Waals surface area contributed by atoms with E-state index in [2.05, 4.69) is 15.3 Å². The molecule has 0 saturated carbocycles. The van der Waals surface area contributed by atoms with Crippen LogP contribution in [0, 0.1) is 0 Å². The molecule has 2 amide bonds. The van der Waals surface area contributed by atoms with Crippen molar-refractivity contribution in [1.82, 2.24) is 14.9 Å². The first-order chi connectivity index (χ1) is 11.7. The van der Waals surface area contributed by atoms with Gasteiger partial charge in [0.1, 0.15) is 6.04 Å². The van der Waals surface area contributed by atoms with Gasteiger partial charge in [-0.05, 0) is 36.4 Å². The molecule has 1 atom stereocenters. The molecule has 0 radical (unpaired) electrons. The number of fused-ring (bicyclic) bond motifs is 1. The van der Waals surface area contributed by atoms with Crippen LogP contribution in [0.15, 0.2) is 41.8 Å². The van der Waals surface area contributed by atoms with Gasteiger partial charge in [-0.3, -0.25) is 14.9 Å². The fraction of sp³-hybridized carbons (Fsp3) is 0.235. The summed E-state index contributed by atoms with van der Waals surface area (Å²) in [5.74, 6) is 0.139. The Kier molecular flexibility index (Phi) is 3.78. The van der Waals surface area contributed by atoms with Crippen molar-refractivity contribution in [3.8, 4) is 0 Å². The third-order valence-corrected chi connectivity index (χ3v) is 5.04. The molecule has 1 aromatic carbocycles. The summed E-state index contributed by atoms with van der Waals surface area (Å²) in [6.07, 6.45) is 1.50. The van der Waals surface area contributed by atoms with Crippen LogP contribution in [0.2, 0.25) is 0 Å². The number of carbonyl (C=O) groups excluding carboxylic acids is 2. The molecule has 0 aliphatic carbocycles. The van der Waals surface area contributed by atoms with Crippen LogP contribution in [0.3, 0.4) is 0 Å². The molecular weight excluding hydrogens is 324 g/mol. The van der Waals surface area contributed by atoms with Crippen LogP contribution in [-0.2, 0) is 4.79 Å². The van der Waals surface area contributed by atoms with Crippen LogP contribution in [0.1, 0.15) is 22.5 Å². The molecule has 1 aliphatic heterocycles. The van der Waals surface area contributed by atoms with Crippen molar-refractivity contribution in [1.29, 1.82) is 0 Å². The maximum atomic E-state index is 12.6. The zero-order valence-electron chi connectivity index (χ0n) is 12.9. The number of nitrogens with one attached hydrogen (secondary N) is 2. The number of anilines is 1. The quantitative estimate of drug-likeness (QED) is 0.769. The van der Waals surface area contributed by atoms with Crippen molar-refractivity contribution in [3.63, 3.8) is 0 Å². The Balaban J connectivity index is 1.51. The third kappa shape index (κ3) is 2.67. The summed E-state index contributed by atoms with van der Waals surface area (Å²) >= 11 is 1.40. The lowest BCUT2D eigenvalue weighted by atomic mass is 10.2. The van der Waals surface area contributed by atoms with Crippen LogP contribution in [0.5, 0.6) is 0 Å². The van der Waals surface area contributed by atoms with Gasteiger partial charge >= 0.3 is 0 Å². The number of H-pyrrole nitrogens is 1. The Bertz CT molecular complexity index is 854. The van der Waals surface area contributed by atoms with E-state index < -0.39 is 6.04 Å². The van der Waals surface area contributed by atoms with E-state index >= 15 is 0 Å². The number of aromatic amines is 1. The van der Waals surface area contributed by atoms with Crippen LogP contribution in [-0.4, -0.2) is 39.3 Å². The summed E-state index contributed by atoms with van der Waals surface area (Å²) in [6.45, 7) is 0.606. The van der Waals surface area contributed by atoms with Crippen LogP contribution in [0.25, 0.3) is 11.0 Å². The second-order valence-electron chi connectivity index (χ2n) is 5.73. The summed E-state index contributed by atoms with van der Waals surface area (Å²) in [7, 11) is 0. The van der Waals surface area contributed by atoms with E-state index in [0.717, 1.165) is 17.5 Å². The molecule has 3 heterocycles. The number of imidazole rings is 1. The predicted molar refractivity (Wildman–Crippen MR) is 93.1 cm³/mol. The first-order valence-electron chi connectivity index (χ1n) is 7.82. The van der Waals surface area contributed by atoms with Crippen molar-refractivity contribution < 1.29 is 9.59 Å². The average molecular weight is 340 g/mol. The van der Waals surface area contributed by atoms with Gasteiger partial charge in [-0.2, -0.15) is 0 Å². The maximum Gasteiger partial charge on any atom is 0.264 e. The van der Waals surface area contributed by atoms with Crippen LogP contribution < -0.4 is 5.32 Å². The molecule has 122 valence electrons. The van der Waals surface area contributed by atoms with Crippen LogP contribution >= 0.6 is 11.3 Å². The second-order valence-corrected chi connectivity index (χ2v) is 6.67. The molecule has 1 aliphatic rings. The van der Waals surface area contributed by atoms with Crippen molar-refractivity contribution >= 4 is 40.1 Å². The smallest absolute Gasteiger partial charge is 0.264 e. The minimum atomic E-state index is -0.451. The fourth-order valence-electron chi connectivity index (χ4n) is 3.04. The zero-order valence-corrected chi connectivity index (χ0v) is 13.7. The van der Waals surface area contributed by atoms with E-state index in [1.54, 1.807) is 11.0 Å². The monoisotopic (exact) mass is 340 g/mol. The van der Waals surface area contributed by atoms with E-state index in [-0.39, 0.29) is 11.8 Å². The highest BCUT2D eigenvalue weighted by atomic mass is 32.1. The number of nitrogens with zero attached hydrogens (tertiary/aromatic N) is 2. The second kappa shape index (κ2) is 6.09. The lowest BCUT2D eigenvalue weighted by Crippen LogP contribution is -2.43. The van der Waals surface area contributed by atoms with E-state index in [4.69, 9.17) is 0 Å². The van der Waals surface area contributed by atoms with Gasteiger partial charge < -0.3 is 9.88 Å². The fourth-order valence-corrected chi connectivity index (χ4v) is 3.72. The normalized spacial score (nSPS) is 17.3. The molecule has 0 bridgehead atoms. The topological polar surface area (TPSA) is 78.1 Å². The number of para-hydroxylation sites is 2. The Hall–Kier alpha value is -2.67. The highest BCUT2D eigenvalue weighted by molar-refractivity contribution is 7.12. The molecule has 1 saturated heterocycles. The first-order valence-corrected chi connectivity index (χ1v) is 8.70. The van der Waals surface area contributed by atoms with E-state index in [1.807, 2.05) is 35.7 Å². The molecule has 2 aromatic heterocycles. The van der Waals surface area contributed by atoms with Crippen molar-refractivity contribution in [2.45, 2.75) is 18.9 Å². The molecule has 1 fully saturated rings. The number of rotatable bonds is 3. The van der Waals surface area contributed by atoms with Gasteiger partial charge in [0.15, 0.2) is 0 Å². The largest absolute Gasteiger partial charge is 0.326 e. The molecule has 3 aromatic rings. The number of carbonyl (C=O) groups is 2. The van der Waals surface area contributed by atoms with Gasteiger partial charge in [-0.25, -0.2) is 4.98 Å². The number of benzene rings is 1. The van der Waals surface area contributed by atoms with Crippen LogP contribution in [0.4, 0.5) is 5.95 Å². The van der Waals surface area contributed by atoms with Crippen molar-refractivity contribution in [2.75, 3.05) is 11.9 Å². The summed E-state index contributed by atoms with van der Waals surface area (Å²) in [4.78, 5) is 34.9. The highest BCUT2D eigenvalue weighted by Gasteiger charge is 2.35. The molecule has 7 heteroatoms. The lowest BCUT2D eigenvalue weighted by molar-refractivity contribution is -0.119. The first kappa shape index (κ1) is 14.9. The molecular formula is C17H16N4O2S. The molecule has 24 heavy (non-hydrogen) atoms. The number of aromatic nitrogens is 2. The maximum absolute atomic E-state index is 12.6. The number of hydrogen-bond acceptors (Lipinski definition) is 4. The van der Waals surface area contributed by atoms with E-state index in [9.17, 15) is 9.59 Å². The number of hydrogen-bond donors (Lipinski definition) is 2. The third-order valence-electron chi connectivity index (χ3n) is 4.18. The molecule has 4 rings (SSSR count). The lowest BCUT2D eigenvalue weighted by Gasteiger charge is -2.22. The summed E-state index contributed by atoms with van der Waals surface area (Å²) in [5, 5.41) is 4.68. The average Bonchev–Trinajstić information content (AvgIpc) is 3.32. The zero-order chi connectivity index (χ0) is 16.5. The summed E-state index contributed by atoms with van der Waals surface area (Å²) < 4.78 is 0. The Morgan fingerprint density at radius 1 is 1.25 bits per heavy atom. The number of amides is 2. The number of thiophene rings is 1. The Morgan fingerprint density at radius 3 is 2.92 bits per heavy atom. The van der Waals surface area contributed by atoms with E-state index in [0.29, 0.717) is 23.8 Å². The van der Waals surface area contributed by atoms with Gasteiger partial charge in [-0.1, -0.05) is 18.2 Å².